The maximum atomic E-state index is 12.0. The van der Waals surface area contributed by atoms with Crippen LogP contribution >= 0.6 is 11.6 Å². The molecule has 2 amide bonds. The second-order valence-electron chi connectivity index (χ2n) is 6.88. The van der Waals surface area contributed by atoms with Crippen molar-refractivity contribution in [2.24, 2.45) is 17.8 Å². The molecule has 0 aliphatic heterocycles. The molecule has 0 spiro atoms. The minimum Gasteiger partial charge on any atom is -0.347 e. The topological polar surface area (TPSA) is 58.2 Å². The number of benzene rings is 1. The summed E-state index contributed by atoms with van der Waals surface area (Å²) >= 11 is 6.03. The number of carbonyl (C=O) groups excluding carboxylic acids is 2. The zero-order chi connectivity index (χ0) is 16.4. The number of rotatable bonds is 5. The van der Waals surface area contributed by atoms with Crippen LogP contribution in [0.1, 0.15) is 37.7 Å². The summed E-state index contributed by atoms with van der Waals surface area (Å²) in [5, 5.41) is 6.14. The smallest absolute Gasteiger partial charge is 0.243 e. The highest BCUT2D eigenvalue weighted by Crippen LogP contribution is 2.49. The lowest BCUT2D eigenvalue weighted by molar-refractivity contribution is -0.125. The molecule has 2 saturated carbocycles. The van der Waals surface area contributed by atoms with Crippen molar-refractivity contribution in [3.63, 3.8) is 0 Å². The van der Waals surface area contributed by atoms with Crippen molar-refractivity contribution in [2.45, 2.75) is 39.0 Å². The summed E-state index contributed by atoms with van der Waals surface area (Å²) in [6.45, 7) is 1.86. The number of hydrogen-bond donors (Lipinski definition) is 2. The first kappa shape index (κ1) is 16.3. The Labute approximate surface area is 142 Å². The third-order valence-corrected chi connectivity index (χ3v) is 5.73. The molecule has 0 heterocycles. The van der Waals surface area contributed by atoms with Gasteiger partial charge in [0, 0.05) is 17.1 Å². The molecule has 0 unspecified atom stereocenters. The fraction of sp³-hybridized carbons (Fsp3) is 0.556. The second-order valence-corrected chi connectivity index (χ2v) is 7.28. The van der Waals surface area contributed by atoms with Gasteiger partial charge in [-0.2, -0.15) is 0 Å². The Bertz CT molecular complexity index is 617. The van der Waals surface area contributed by atoms with Crippen molar-refractivity contribution in [2.75, 3.05) is 11.9 Å². The predicted molar refractivity (Wildman–Crippen MR) is 91.4 cm³/mol. The molecule has 3 rings (SSSR count). The molecule has 0 saturated heterocycles. The average molecular weight is 335 g/mol. The molecule has 1 aromatic rings. The Morgan fingerprint density at radius 2 is 2.04 bits per heavy atom. The van der Waals surface area contributed by atoms with Crippen LogP contribution in [0, 0.1) is 24.7 Å². The molecule has 23 heavy (non-hydrogen) atoms. The van der Waals surface area contributed by atoms with Gasteiger partial charge in [0.2, 0.25) is 11.8 Å². The van der Waals surface area contributed by atoms with Gasteiger partial charge in [-0.15, -0.1) is 0 Å². The van der Waals surface area contributed by atoms with E-state index in [4.69, 9.17) is 11.6 Å². The summed E-state index contributed by atoms with van der Waals surface area (Å²) in [6.07, 6.45) is 5.66. The molecule has 1 aromatic carbocycles. The fourth-order valence-electron chi connectivity index (χ4n) is 4.05. The first-order chi connectivity index (χ1) is 11.0. The zero-order valence-electron chi connectivity index (χ0n) is 13.4. The molecular formula is C18H23ClN2O2. The summed E-state index contributed by atoms with van der Waals surface area (Å²) in [6, 6.07) is 5.37. The zero-order valence-corrected chi connectivity index (χ0v) is 14.2. The molecule has 0 aromatic heterocycles. The Balaban J connectivity index is 1.43. The van der Waals surface area contributed by atoms with Gasteiger partial charge in [0.25, 0.3) is 0 Å². The van der Waals surface area contributed by atoms with Gasteiger partial charge in [0.1, 0.15) is 0 Å². The lowest BCUT2D eigenvalue weighted by Crippen LogP contribution is -2.34. The van der Waals surface area contributed by atoms with Crippen LogP contribution in [0.2, 0.25) is 5.02 Å². The largest absolute Gasteiger partial charge is 0.347 e. The van der Waals surface area contributed by atoms with E-state index in [2.05, 4.69) is 10.6 Å². The number of amides is 2. The lowest BCUT2D eigenvalue weighted by Gasteiger charge is -2.20. The molecule has 2 aliphatic rings. The number of fused-ring (bicyclic) bond motifs is 2. The molecule has 3 atom stereocenters. The van der Waals surface area contributed by atoms with Crippen LogP contribution in [0.4, 0.5) is 5.69 Å². The van der Waals surface area contributed by atoms with Gasteiger partial charge < -0.3 is 10.6 Å². The van der Waals surface area contributed by atoms with E-state index in [0.717, 1.165) is 17.4 Å². The first-order valence-corrected chi connectivity index (χ1v) is 8.72. The third kappa shape index (κ3) is 3.86. The van der Waals surface area contributed by atoms with E-state index in [-0.39, 0.29) is 18.4 Å². The van der Waals surface area contributed by atoms with Gasteiger partial charge in [0.05, 0.1) is 6.54 Å². The van der Waals surface area contributed by atoms with Crippen LogP contribution in [0.3, 0.4) is 0 Å². The van der Waals surface area contributed by atoms with Crippen molar-refractivity contribution in [3.8, 4) is 0 Å². The monoisotopic (exact) mass is 334 g/mol. The molecule has 4 nitrogen and oxygen atoms in total. The van der Waals surface area contributed by atoms with Crippen molar-refractivity contribution in [1.82, 2.24) is 5.32 Å². The van der Waals surface area contributed by atoms with Crippen molar-refractivity contribution >= 4 is 29.1 Å². The van der Waals surface area contributed by atoms with Gasteiger partial charge in [-0.05, 0) is 61.6 Å². The highest BCUT2D eigenvalue weighted by atomic mass is 35.5. The van der Waals surface area contributed by atoms with E-state index in [1.807, 2.05) is 6.92 Å². The van der Waals surface area contributed by atoms with Crippen molar-refractivity contribution < 1.29 is 9.59 Å². The Kier molecular flexibility index (Phi) is 4.90. The van der Waals surface area contributed by atoms with Gasteiger partial charge >= 0.3 is 0 Å². The van der Waals surface area contributed by atoms with E-state index < -0.39 is 0 Å². The predicted octanol–water partition coefficient (Wildman–Crippen LogP) is 3.53. The molecule has 2 fully saturated rings. The number of hydrogen-bond acceptors (Lipinski definition) is 2. The van der Waals surface area contributed by atoms with Crippen molar-refractivity contribution in [3.05, 3.63) is 28.8 Å². The van der Waals surface area contributed by atoms with Gasteiger partial charge in [-0.1, -0.05) is 24.1 Å². The highest BCUT2D eigenvalue weighted by Gasteiger charge is 2.40. The lowest BCUT2D eigenvalue weighted by atomic mass is 9.86. The Morgan fingerprint density at radius 1 is 1.22 bits per heavy atom. The minimum atomic E-state index is -0.225. The van der Waals surface area contributed by atoms with Crippen LogP contribution in [0.25, 0.3) is 0 Å². The van der Waals surface area contributed by atoms with Gasteiger partial charge in [0.15, 0.2) is 0 Å². The molecule has 0 radical (unpaired) electrons. The standard InChI is InChI=1S/C18H23ClN2O2/c1-11-15(19)3-2-4-16(11)21-18(23)10-20-17(22)9-14-8-12-5-6-13(14)7-12/h2-4,12-14H,5-10H2,1H3,(H,20,22)(H,21,23)/t12-,13-,14+/m0/s1. The normalized spacial score (nSPS) is 25.4. The average Bonchev–Trinajstić information content (AvgIpc) is 3.12. The SMILES string of the molecule is Cc1c(Cl)cccc1NC(=O)CNC(=O)C[C@H]1C[C@H]2CC[C@H]1C2. The van der Waals surface area contributed by atoms with E-state index >= 15 is 0 Å². The summed E-state index contributed by atoms with van der Waals surface area (Å²) < 4.78 is 0. The molecular weight excluding hydrogens is 312 g/mol. The summed E-state index contributed by atoms with van der Waals surface area (Å²) in [5.41, 5.74) is 1.51. The van der Waals surface area contributed by atoms with E-state index in [1.54, 1.807) is 18.2 Å². The first-order valence-electron chi connectivity index (χ1n) is 8.34. The van der Waals surface area contributed by atoms with E-state index in [1.165, 1.54) is 25.7 Å². The minimum absolute atomic E-state index is 0.00556. The number of anilines is 1. The second kappa shape index (κ2) is 6.91. The number of carbonyl (C=O) groups is 2. The molecule has 2 N–H and O–H groups in total. The van der Waals surface area contributed by atoms with E-state index in [0.29, 0.717) is 23.0 Å². The van der Waals surface area contributed by atoms with Crippen LogP contribution in [0.5, 0.6) is 0 Å². The Morgan fingerprint density at radius 3 is 2.74 bits per heavy atom. The molecule has 5 heteroatoms. The number of nitrogens with one attached hydrogen (secondary N) is 2. The van der Waals surface area contributed by atoms with Crippen LogP contribution in [-0.2, 0) is 9.59 Å². The van der Waals surface area contributed by atoms with Gasteiger partial charge in [-0.3, -0.25) is 9.59 Å². The quantitative estimate of drug-likeness (QED) is 0.865. The summed E-state index contributed by atoms with van der Waals surface area (Å²) in [4.78, 5) is 24.0. The third-order valence-electron chi connectivity index (χ3n) is 5.32. The molecule has 124 valence electrons. The van der Waals surface area contributed by atoms with Crippen molar-refractivity contribution in [1.29, 1.82) is 0 Å². The maximum absolute atomic E-state index is 12.0. The fourth-order valence-corrected chi connectivity index (χ4v) is 4.23. The summed E-state index contributed by atoms with van der Waals surface area (Å²) in [5.74, 6) is 1.85. The molecule has 2 aliphatic carbocycles. The summed E-state index contributed by atoms with van der Waals surface area (Å²) in [7, 11) is 0. The molecule has 2 bridgehead atoms. The highest BCUT2D eigenvalue weighted by molar-refractivity contribution is 6.31. The van der Waals surface area contributed by atoms with E-state index in [9.17, 15) is 9.59 Å². The Hall–Kier alpha value is -1.55. The van der Waals surface area contributed by atoms with Crippen LogP contribution in [-0.4, -0.2) is 18.4 Å². The van der Waals surface area contributed by atoms with Gasteiger partial charge in [-0.25, -0.2) is 0 Å². The van der Waals surface area contributed by atoms with Crippen LogP contribution < -0.4 is 10.6 Å². The maximum Gasteiger partial charge on any atom is 0.243 e. The van der Waals surface area contributed by atoms with Crippen LogP contribution in [0.15, 0.2) is 18.2 Å². The number of halogens is 1.